The van der Waals surface area contributed by atoms with E-state index in [9.17, 15) is 10.2 Å². The van der Waals surface area contributed by atoms with Crippen molar-refractivity contribution in [1.82, 2.24) is 0 Å². The Kier molecular flexibility index (Phi) is 4.78. The molecule has 2 aliphatic heterocycles. The quantitative estimate of drug-likeness (QED) is 0.579. The number of hydrogen-bond acceptors (Lipinski definition) is 4. The number of hydrogen-bond donors (Lipinski definition) is 2. The molecule has 0 radical (unpaired) electrons. The number of aliphatic hydroxyl groups is 2. The lowest BCUT2D eigenvalue weighted by Crippen LogP contribution is -2.59. The Morgan fingerprint density at radius 1 is 0.871 bits per heavy atom. The molecule has 6 aliphatic rings. The van der Waals surface area contributed by atoms with Gasteiger partial charge in [-0.3, -0.25) is 0 Å². The van der Waals surface area contributed by atoms with Gasteiger partial charge in [0, 0.05) is 12.3 Å². The molecule has 2 N–H and O–H groups in total. The molecule has 0 aromatic heterocycles. The molecular weight excluding hydrogens is 388 g/mol. The lowest BCUT2D eigenvalue weighted by molar-refractivity contribution is -0.274. The smallest absolute Gasteiger partial charge is 0.171 e. The monoisotopic (exact) mass is 432 g/mol. The van der Waals surface area contributed by atoms with E-state index in [1.54, 1.807) is 0 Å². The zero-order valence-corrected chi connectivity index (χ0v) is 20.1. The van der Waals surface area contributed by atoms with Crippen LogP contribution in [-0.4, -0.2) is 40.9 Å². The second kappa shape index (κ2) is 6.93. The highest BCUT2D eigenvalue weighted by atomic mass is 16.7. The van der Waals surface area contributed by atoms with Crippen molar-refractivity contribution in [1.29, 1.82) is 0 Å². The lowest BCUT2D eigenvalue weighted by Gasteiger charge is -2.62. The summed E-state index contributed by atoms with van der Waals surface area (Å²) in [6, 6.07) is 0. The van der Waals surface area contributed by atoms with Crippen molar-refractivity contribution in [3.05, 3.63) is 0 Å². The molecule has 4 heteroatoms. The second-order valence-electron chi connectivity index (χ2n) is 13.3. The van der Waals surface area contributed by atoms with Crippen molar-refractivity contribution in [3.63, 3.8) is 0 Å². The zero-order valence-electron chi connectivity index (χ0n) is 20.1. The fourth-order valence-corrected chi connectivity index (χ4v) is 10.4. The van der Waals surface area contributed by atoms with Crippen molar-refractivity contribution >= 4 is 0 Å². The van der Waals surface area contributed by atoms with Crippen LogP contribution in [0.2, 0.25) is 0 Å². The Morgan fingerprint density at radius 3 is 2.42 bits per heavy atom. The van der Waals surface area contributed by atoms with Crippen molar-refractivity contribution in [2.24, 2.45) is 52.3 Å². The topological polar surface area (TPSA) is 58.9 Å². The first kappa shape index (κ1) is 21.4. The zero-order chi connectivity index (χ0) is 21.8. The molecule has 4 saturated carbocycles. The molecule has 4 aliphatic carbocycles. The van der Waals surface area contributed by atoms with Crippen molar-refractivity contribution in [3.8, 4) is 0 Å². The number of fused-ring (bicyclic) bond motifs is 7. The maximum absolute atomic E-state index is 11.7. The molecule has 4 nitrogen and oxygen atoms in total. The van der Waals surface area contributed by atoms with Crippen LogP contribution < -0.4 is 0 Å². The van der Waals surface area contributed by atoms with E-state index < -0.39 is 0 Å². The van der Waals surface area contributed by atoms with Crippen molar-refractivity contribution in [2.75, 3.05) is 6.61 Å². The third kappa shape index (κ3) is 2.80. The summed E-state index contributed by atoms with van der Waals surface area (Å²) in [5.41, 5.74) is 0.342. The third-order valence-electron chi connectivity index (χ3n) is 11.8. The van der Waals surface area contributed by atoms with E-state index in [0.29, 0.717) is 47.5 Å². The van der Waals surface area contributed by atoms with E-state index in [1.165, 1.54) is 19.3 Å². The van der Waals surface area contributed by atoms with E-state index >= 15 is 0 Å². The number of ether oxygens (including phenoxy) is 2. The van der Waals surface area contributed by atoms with E-state index in [2.05, 4.69) is 27.7 Å². The van der Waals surface area contributed by atoms with Crippen LogP contribution >= 0.6 is 0 Å². The summed E-state index contributed by atoms with van der Waals surface area (Å²) in [4.78, 5) is 0. The van der Waals surface area contributed by atoms with Gasteiger partial charge >= 0.3 is 0 Å². The van der Waals surface area contributed by atoms with E-state index in [4.69, 9.17) is 9.47 Å². The van der Waals surface area contributed by atoms with Gasteiger partial charge in [-0.25, -0.2) is 0 Å². The molecule has 31 heavy (non-hydrogen) atoms. The fraction of sp³-hybridized carbons (Fsp3) is 1.00. The summed E-state index contributed by atoms with van der Waals surface area (Å²) in [5, 5.41) is 22.0. The van der Waals surface area contributed by atoms with Crippen LogP contribution in [0.1, 0.15) is 85.5 Å². The normalized spacial score (nSPS) is 63.3. The molecular formula is C27H44O4. The SMILES string of the molecule is C[C@@H]1CC[C@@]2(OC1)O[C@H]1C[C@H]3[C@@H]4CC[C@H]5C[C@@H](O)CC[C@]5(C)[C@H]4[C@@H](O)C[C@]3(C)[C@H]1[C@@H]2C. The van der Waals surface area contributed by atoms with Crippen LogP contribution in [-0.2, 0) is 9.47 Å². The summed E-state index contributed by atoms with van der Waals surface area (Å²) >= 11 is 0. The third-order valence-corrected chi connectivity index (χ3v) is 11.8. The molecule has 2 heterocycles. The maximum Gasteiger partial charge on any atom is 0.171 e. The highest BCUT2D eigenvalue weighted by Gasteiger charge is 2.70. The van der Waals surface area contributed by atoms with Gasteiger partial charge in [-0.05, 0) is 97.7 Å². The molecule has 0 amide bonds. The second-order valence-corrected chi connectivity index (χ2v) is 13.3. The summed E-state index contributed by atoms with van der Waals surface area (Å²) in [6.45, 7) is 10.4. The molecule has 0 bridgehead atoms. The van der Waals surface area contributed by atoms with Crippen LogP contribution in [0.4, 0.5) is 0 Å². The Hall–Kier alpha value is -0.160. The van der Waals surface area contributed by atoms with E-state index in [-0.39, 0.29) is 28.8 Å². The van der Waals surface area contributed by atoms with Gasteiger partial charge in [0.25, 0.3) is 0 Å². The summed E-state index contributed by atoms with van der Waals surface area (Å²) in [5.74, 6) is 3.40. The van der Waals surface area contributed by atoms with Crippen LogP contribution in [0.3, 0.4) is 0 Å². The largest absolute Gasteiger partial charge is 0.393 e. The Bertz CT molecular complexity index is 716. The molecule has 1 spiro atoms. The van der Waals surface area contributed by atoms with Crippen LogP contribution in [0.15, 0.2) is 0 Å². The van der Waals surface area contributed by atoms with Gasteiger partial charge in [-0.1, -0.05) is 27.7 Å². The highest BCUT2D eigenvalue weighted by molar-refractivity contribution is 5.17. The minimum absolute atomic E-state index is 0.130. The summed E-state index contributed by atoms with van der Waals surface area (Å²) < 4.78 is 13.3. The van der Waals surface area contributed by atoms with Gasteiger partial charge in [-0.2, -0.15) is 0 Å². The van der Waals surface area contributed by atoms with Gasteiger partial charge < -0.3 is 19.7 Å². The van der Waals surface area contributed by atoms with Crippen LogP contribution in [0.25, 0.3) is 0 Å². The molecule has 0 aromatic carbocycles. The van der Waals surface area contributed by atoms with Gasteiger partial charge in [0.05, 0.1) is 24.9 Å². The van der Waals surface area contributed by atoms with E-state index in [1.807, 2.05) is 0 Å². The Labute approximate surface area is 188 Å². The first-order valence-electron chi connectivity index (χ1n) is 13.4. The van der Waals surface area contributed by atoms with Crippen molar-refractivity contribution in [2.45, 2.75) is 110 Å². The van der Waals surface area contributed by atoms with Crippen LogP contribution in [0, 0.1) is 52.3 Å². The molecule has 0 aromatic rings. The van der Waals surface area contributed by atoms with E-state index in [0.717, 1.165) is 45.1 Å². The Balaban J connectivity index is 1.29. The van der Waals surface area contributed by atoms with Gasteiger partial charge in [0.2, 0.25) is 0 Å². The predicted octanol–water partition coefficient (Wildman–Crippen LogP) is 4.76. The minimum atomic E-state index is -0.374. The maximum atomic E-state index is 11.7. The molecule has 6 rings (SSSR count). The van der Waals surface area contributed by atoms with Gasteiger partial charge in [-0.15, -0.1) is 0 Å². The fourth-order valence-electron chi connectivity index (χ4n) is 10.4. The molecule has 6 fully saturated rings. The van der Waals surface area contributed by atoms with Gasteiger partial charge in [0.15, 0.2) is 5.79 Å². The first-order valence-corrected chi connectivity index (χ1v) is 13.4. The summed E-state index contributed by atoms with van der Waals surface area (Å²) in [7, 11) is 0. The number of rotatable bonds is 0. The first-order chi connectivity index (χ1) is 14.7. The predicted molar refractivity (Wildman–Crippen MR) is 119 cm³/mol. The molecule has 0 unspecified atom stereocenters. The molecule has 2 saturated heterocycles. The lowest BCUT2D eigenvalue weighted by atomic mass is 9.43. The Morgan fingerprint density at radius 2 is 1.68 bits per heavy atom. The highest BCUT2D eigenvalue weighted by Crippen LogP contribution is 2.71. The number of aliphatic hydroxyl groups excluding tert-OH is 2. The minimum Gasteiger partial charge on any atom is -0.393 e. The van der Waals surface area contributed by atoms with Gasteiger partial charge in [0.1, 0.15) is 0 Å². The van der Waals surface area contributed by atoms with Crippen molar-refractivity contribution < 1.29 is 19.7 Å². The van der Waals surface area contributed by atoms with Crippen LogP contribution in [0.5, 0.6) is 0 Å². The molecule has 176 valence electrons. The summed E-state index contributed by atoms with van der Waals surface area (Å²) in [6.07, 6.45) is 9.63. The average molecular weight is 433 g/mol. The average Bonchev–Trinajstić information content (AvgIpc) is 3.15. The molecule has 13 atom stereocenters. The standard InChI is InChI=1S/C27H44O4/c1-15-7-10-27(30-14-15)16(2)23-22(31-27)12-20-19-6-5-17-11-18(28)8-9-25(17,3)24(19)21(29)13-26(20,23)4/h15-24,28-29H,5-14H2,1-4H3/t15-,16+,17+,18+,19+,20+,21+,22+,23+,24-,25+,26+,27-/m1/s1.